The van der Waals surface area contributed by atoms with Crippen LogP contribution in [0.1, 0.15) is 19.4 Å². The molecule has 1 aromatic rings. The number of anilines is 1. The molecule has 0 atom stereocenters. The molecular weight excluding hydrogens is 328 g/mol. The Kier molecular flexibility index (Phi) is 4.24. The minimum atomic E-state index is 0.312. The van der Waals surface area contributed by atoms with E-state index in [1.807, 2.05) is 17.8 Å². The van der Waals surface area contributed by atoms with Gasteiger partial charge in [-0.25, -0.2) is 0 Å². The number of nitrogens with two attached hydrogens (primary N) is 1. The summed E-state index contributed by atoms with van der Waals surface area (Å²) in [5.74, 6) is 1.17. The quantitative estimate of drug-likeness (QED) is 0.832. The maximum absolute atomic E-state index is 5.67. The summed E-state index contributed by atoms with van der Waals surface area (Å²) in [7, 11) is 0. The van der Waals surface area contributed by atoms with E-state index in [4.69, 9.17) is 18.0 Å². The van der Waals surface area contributed by atoms with Gasteiger partial charge >= 0.3 is 0 Å². The van der Waals surface area contributed by atoms with Gasteiger partial charge < -0.3 is 10.6 Å². The molecule has 1 saturated heterocycles. The van der Waals surface area contributed by atoms with E-state index in [9.17, 15) is 0 Å². The largest absolute Gasteiger partial charge is 0.389 e. The van der Waals surface area contributed by atoms with Crippen molar-refractivity contribution in [2.24, 2.45) is 5.73 Å². The summed E-state index contributed by atoms with van der Waals surface area (Å²) in [6.45, 7) is 6.74. The third kappa shape index (κ3) is 3.19. The third-order valence-electron chi connectivity index (χ3n) is 3.01. The fourth-order valence-corrected chi connectivity index (χ4v) is 4.14. The maximum Gasteiger partial charge on any atom is 0.105 e. The van der Waals surface area contributed by atoms with Gasteiger partial charge in [-0.15, -0.1) is 0 Å². The SMILES string of the molecule is CC1(C)CN(c2ccc(C(N)=S)c(Br)c2)CCS1. The molecule has 1 aliphatic rings. The van der Waals surface area contributed by atoms with Crippen molar-refractivity contribution in [3.8, 4) is 0 Å². The number of thiocarbonyl (C=S) groups is 1. The fraction of sp³-hybridized carbons (Fsp3) is 0.462. The van der Waals surface area contributed by atoms with E-state index >= 15 is 0 Å². The molecule has 2 rings (SSSR count). The van der Waals surface area contributed by atoms with Crippen LogP contribution in [0.15, 0.2) is 22.7 Å². The molecule has 0 amide bonds. The van der Waals surface area contributed by atoms with Gasteiger partial charge in [0.25, 0.3) is 0 Å². The molecule has 2 N–H and O–H groups in total. The zero-order valence-electron chi connectivity index (χ0n) is 10.6. The topological polar surface area (TPSA) is 29.3 Å². The van der Waals surface area contributed by atoms with E-state index < -0.39 is 0 Å². The van der Waals surface area contributed by atoms with Crippen LogP contribution in [0.4, 0.5) is 5.69 Å². The molecular formula is C13H17BrN2S2. The van der Waals surface area contributed by atoms with Crippen molar-refractivity contribution in [3.05, 3.63) is 28.2 Å². The molecule has 98 valence electrons. The highest BCUT2D eigenvalue weighted by atomic mass is 79.9. The van der Waals surface area contributed by atoms with Crippen LogP contribution in [-0.4, -0.2) is 28.6 Å². The Hall–Kier alpha value is -0.260. The molecule has 0 radical (unpaired) electrons. The molecule has 1 fully saturated rings. The molecule has 0 saturated carbocycles. The number of nitrogens with zero attached hydrogens (tertiary/aromatic N) is 1. The predicted octanol–water partition coefficient (Wildman–Crippen LogP) is 3.42. The van der Waals surface area contributed by atoms with E-state index in [1.54, 1.807) is 0 Å². The van der Waals surface area contributed by atoms with Crippen LogP contribution in [-0.2, 0) is 0 Å². The van der Waals surface area contributed by atoms with Crippen molar-refractivity contribution >= 4 is 50.6 Å². The third-order valence-corrected chi connectivity index (χ3v) is 5.18. The van der Waals surface area contributed by atoms with E-state index in [0.717, 1.165) is 23.1 Å². The van der Waals surface area contributed by atoms with E-state index in [2.05, 4.69) is 46.8 Å². The number of hydrogen-bond donors (Lipinski definition) is 1. The van der Waals surface area contributed by atoms with Crippen molar-refractivity contribution in [2.45, 2.75) is 18.6 Å². The second-order valence-electron chi connectivity index (χ2n) is 5.06. The summed E-state index contributed by atoms with van der Waals surface area (Å²) in [5.41, 5.74) is 7.80. The van der Waals surface area contributed by atoms with Gasteiger partial charge in [0.05, 0.1) is 0 Å². The molecule has 0 unspecified atom stereocenters. The van der Waals surface area contributed by atoms with Crippen LogP contribution < -0.4 is 10.6 Å². The van der Waals surface area contributed by atoms with Crippen LogP contribution in [0.3, 0.4) is 0 Å². The Balaban J connectivity index is 2.24. The monoisotopic (exact) mass is 344 g/mol. The smallest absolute Gasteiger partial charge is 0.105 e. The van der Waals surface area contributed by atoms with Crippen molar-refractivity contribution in [2.75, 3.05) is 23.7 Å². The second-order valence-corrected chi connectivity index (χ2v) is 8.15. The Morgan fingerprint density at radius 2 is 2.22 bits per heavy atom. The number of hydrogen-bond acceptors (Lipinski definition) is 3. The summed E-state index contributed by atoms with van der Waals surface area (Å²) in [6, 6.07) is 6.21. The predicted molar refractivity (Wildman–Crippen MR) is 88.8 cm³/mol. The molecule has 0 spiro atoms. The first-order valence-electron chi connectivity index (χ1n) is 5.87. The highest BCUT2D eigenvalue weighted by Gasteiger charge is 2.27. The molecule has 0 bridgehead atoms. The second kappa shape index (κ2) is 5.39. The molecule has 5 heteroatoms. The van der Waals surface area contributed by atoms with Crippen molar-refractivity contribution < 1.29 is 0 Å². The highest BCUT2D eigenvalue weighted by molar-refractivity contribution is 9.10. The average Bonchev–Trinajstić information content (AvgIpc) is 2.27. The van der Waals surface area contributed by atoms with Crippen LogP contribution in [0, 0.1) is 0 Å². The van der Waals surface area contributed by atoms with Crippen LogP contribution >= 0.6 is 39.9 Å². The summed E-state index contributed by atoms with van der Waals surface area (Å²) in [5, 5.41) is 0. The summed E-state index contributed by atoms with van der Waals surface area (Å²) < 4.78 is 1.29. The first-order valence-corrected chi connectivity index (χ1v) is 8.06. The molecule has 1 aromatic carbocycles. The first kappa shape index (κ1) is 14.2. The minimum Gasteiger partial charge on any atom is -0.389 e. The zero-order chi connectivity index (χ0) is 13.3. The minimum absolute atomic E-state index is 0.312. The van der Waals surface area contributed by atoms with Gasteiger partial charge in [0.1, 0.15) is 4.99 Å². The molecule has 2 nitrogen and oxygen atoms in total. The van der Waals surface area contributed by atoms with Gasteiger partial charge in [-0.2, -0.15) is 11.8 Å². The van der Waals surface area contributed by atoms with Crippen molar-refractivity contribution in [1.29, 1.82) is 0 Å². The summed E-state index contributed by atoms with van der Waals surface area (Å²) in [6.07, 6.45) is 0. The van der Waals surface area contributed by atoms with Gasteiger partial charge in [-0.3, -0.25) is 0 Å². The lowest BCUT2D eigenvalue weighted by molar-refractivity contribution is 0.647. The standard InChI is InChI=1S/C13H17BrN2S2/c1-13(2)8-16(5-6-18-13)9-3-4-10(12(15)17)11(14)7-9/h3-4,7H,5-6,8H2,1-2H3,(H2,15,17). The van der Waals surface area contributed by atoms with Crippen LogP contribution in [0.25, 0.3) is 0 Å². The Morgan fingerprint density at radius 1 is 1.50 bits per heavy atom. The maximum atomic E-state index is 5.67. The van der Waals surface area contributed by atoms with E-state index in [0.29, 0.717) is 9.74 Å². The zero-order valence-corrected chi connectivity index (χ0v) is 13.8. The van der Waals surface area contributed by atoms with Crippen molar-refractivity contribution in [1.82, 2.24) is 0 Å². The van der Waals surface area contributed by atoms with E-state index in [1.165, 1.54) is 11.4 Å². The number of halogens is 1. The normalized spacial score (nSPS) is 18.7. The summed E-state index contributed by atoms with van der Waals surface area (Å²) in [4.78, 5) is 2.85. The van der Waals surface area contributed by atoms with Gasteiger partial charge in [0, 0.05) is 39.3 Å². The Morgan fingerprint density at radius 3 is 2.78 bits per heavy atom. The molecule has 0 aliphatic carbocycles. The lowest BCUT2D eigenvalue weighted by Gasteiger charge is -2.39. The van der Waals surface area contributed by atoms with Crippen LogP contribution in [0.5, 0.6) is 0 Å². The Labute approximate surface area is 126 Å². The molecule has 1 aliphatic heterocycles. The average molecular weight is 345 g/mol. The van der Waals surface area contributed by atoms with Gasteiger partial charge in [-0.1, -0.05) is 12.2 Å². The number of benzene rings is 1. The van der Waals surface area contributed by atoms with Crippen LogP contribution in [0.2, 0.25) is 0 Å². The first-order chi connectivity index (χ1) is 8.39. The van der Waals surface area contributed by atoms with Crippen molar-refractivity contribution in [3.63, 3.8) is 0 Å². The lowest BCUT2D eigenvalue weighted by atomic mass is 10.1. The molecule has 18 heavy (non-hydrogen) atoms. The van der Waals surface area contributed by atoms with Gasteiger partial charge in [0.15, 0.2) is 0 Å². The number of thioether (sulfide) groups is 1. The lowest BCUT2D eigenvalue weighted by Crippen LogP contribution is -2.43. The van der Waals surface area contributed by atoms with Gasteiger partial charge in [-0.05, 0) is 48.0 Å². The molecule has 0 aromatic heterocycles. The summed E-state index contributed by atoms with van der Waals surface area (Å²) >= 11 is 10.6. The number of rotatable bonds is 2. The highest BCUT2D eigenvalue weighted by Crippen LogP contribution is 2.33. The van der Waals surface area contributed by atoms with E-state index in [-0.39, 0.29) is 0 Å². The van der Waals surface area contributed by atoms with Gasteiger partial charge in [0.2, 0.25) is 0 Å². The fourth-order valence-electron chi connectivity index (χ4n) is 2.14. The molecule has 1 heterocycles. The Bertz CT molecular complexity index is 474.